The first-order valence-corrected chi connectivity index (χ1v) is 8.46. The van der Waals surface area contributed by atoms with Crippen molar-refractivity contribution in [3.05, 3.63) is 90.0 Å². The van der Waals surface area contributed by atoms with Crippen LogP contribution in [0.25, 0.3) is 0 Å². The number of benzene rings is 3. The molecule has 0 heterocycles. The van der Waals surface area contributed by atoms with Gasteiger partial charge in [-0.2, -0.15) is 0 Å². The highest BCUT2D eigenvalue weighted by atomic mass is 16.2. The van der Waals surface area contributed by atoms with E-state index in [1.165, 1.54) is 0 Å². The van der Waals surface area contributed by atoms with Gasteiger partial charge in [0.25, 0.3) is 5.91 Å². The number of primary amides is 1. The van der Waals surface area contributed by atoms with Crippen LogP contribution in [0.4, 0.5) is 21.9 Å². The van der Waals surface area contributed by atoms with E-state index in [1.54, 1.807) is 24.3 Å². The molecule has 0 radical (unpaired) electrons. The Hall–Kier alpha value is -3.80. The SMILES string of the molecule is NC(=O)NCc1ccc(C(=O)Nc2ccc(Nc3ccccc3)cc2)cc1. The minimum absolute atomic E-state index is 0.201. The largest absolute Gasteiger partial charge is 0.356 e. The van der Waals surface area contributed by atoms with Gasteiger partial charge in [-0.05, 0) is 54.1 Å². The summed E-state index contributed by atoms with van der Waals surface area (Å²) in [5, 5.41) is 8.66. The van der Waals surface area contributed by atoms with Crippen molar-refractivity contribution in [2.24, 2.45) is 5.73 Å². The Morgan fingerprint density at radius 1 is 0.741 bits per heavy atom. The number of anilines is 3. The van der Waals surface area contributed by atoms with Gasteiger partial charge in [0.15, 0.2) is 0 Å². The molecule has 0 aliphatic rings. The second kappa shape index (κ2) is 8.53. The normalized spacial score (nSPS) is 10.1. The first-order valence-electron chi connectivity index (χ1n) is 8.46. The molecule has 27 heavy (non-hydrogen) atoms. The van der Waals surface area contributed by atoms with Crippen LogP contribution in [-0.4, -0.2) is 11.9 Å². The molecule has 6 nitrogen and oxygen atoms in total. The predicted molar refractivity (Wildman–Crippen MR) is 107 cm³/mol. The van der Waals surface area contributed by atoms with Crippen LogP contribution in [0.3, 0.4) is 0 Å². The molecule has 0 aliphatic heterocycles. The molecule has 6 heteroatoms. The fraction of sp³-hybridized carbons (Fsp3) is 0.0476. The summed E-state index contributed by atoms with van der Waals surface area (Å²) in [6.45, 7) is 0.326. The molecule has 0 aliphatic carbocycles. The number of rotatable bonds is 6. The molecule has 0 fully saturated rings. The van der Waals surface area contributed by atoms with Gasteiger partial charge in [-0.15, -0.1) is 0 Å². The highest BCUT2D eigenvalue weighted by molar-refractivity contribution is 6.04. The second-order valence-corrected chi connectivity index (χ2v) is 5.94. The molecule has 0 unspecified atom stereocenters. The third kappa shape index (κ3) is 5.34. The standard InChI is InChI=1S/C21H20N4O2/c22-21(27)23-14-15-6-8-16(9-7-15)20(26)25-19-12-10-18(11-13-19)24-17-4-2-1-3-5-17/h1-13,24H,14H2,(H,25,26)(H3,22,23,27). The van der Waals surface area contributed by atoms with E-state index in [-0.39, 0.29) is 5.91 Å². The maximum atomic E-state index is 12.4. The van der Waals surface area contributed by atoms with Crippen LogP contribution in [0.5, 0.6) is 0 Å². The molecule has 3 rings (SSSR count). The van der Waals surface area contributed by atoms with E-state index in [9.17, 15) is 9.59 Å². The molecule has 0 aromatic heterocycles. The Bertz CT molecular complexity index is 907. The van der Waals surface area contributed by atoms with Gasteiger partial charge >= 0.3 is 6.03 Å². The maximum absolute atomic E-state index is 12.4. The van der Waals surface area contributed by atoms with Crippen molar-refractivity contribution in [3.63, 3.8) is 0 Å². The molecule has 0 bridgehead atoms. The van der Waals surface area contributed by atoms with Crippen molar-refractivity contribution in [1.29, 1.82) is 0 Å². The van der Waals surface area contributed by atoms with Gasteiger partial charge < -0.3 is 21.7 Å². The minimum Gasteiger partial charge on any atom is -0.356 e. The number of para-hydroxylation sites is 1. The molecule has 3 aromatic carbocycles. The van der Waals surface area contributed by atoms with E-state index in [1.807, 2.05) is 54.6 Å². The second-order valence-electron chi connectivity index (χ2n) is 5.94. The highest BCUT2D eigenvalue weighted by Crippen LogP contribution is 2.19. The number of nitrogens with two attached hydrogens (primary N) is 1. The maximum Gasteiger partial charge on any atom is 0.312 e. The van der Waals surface area contributed by atoms with Gasteiger partial charge in [0, 0.05) is 29.2 Å². The summed E-state index contributed by atoms with van der Waals surface area (Å²) in [6, 6.07) is 23.7. The quantitative estimate of drug-likeness (QED) is 0.537. The predicted octanol–water partition coefficient (Wildman–Crippen LogP) is 3.85. The summed E-state index contributed by atoms with van der Waals surface area (Å²) in [4.78, 5) is 23.1. The lowest BCUT2D eigenvalue weighted by Gasteiger charge is -2.09. The lowest BCUT2D eigenvalue weighted by Crippen LogP contribution is -2.28. The van der Waals surface area contributed by atoms with E-state index in [4.69, 9.17) is 5.73 Å². The first-order chi connectivity index (χ1) is 13.1. The molecular formula is C21H20N4O2. The third-order valence-corrected chi connectivity index (χ3v) is 3.89. The number of hydrogen-bond donors (Lipinski definition) is 4. The van der Waals surface area contributed by atoms with Crippen molar-refractivity contribution >= 4 is 29.0 Å². The van der Waals surface area contributed by atoms with Gasteiger partial charge in [0.2, 0.25) is 0 Å². The summed E-state index contributed by atoms with van der Waals surface area (Å²) in [7, 11) is 0. The molecule has 3 aromatic rings. The Morgan fingerprint density at radius 3 is 1.96 bits per heavy atom. The summed E-state index contributed by atoms with van der Waals surface area (Å²) >= 11 is 0. The molecule has 0 saturated carbocycles. The molecule has 3 amide bonds. The van der Waals surface area contributed by atoms with Crippen molar-refractivity contribution in [2.75, 3.05) is 10.6 Å². The Labute approximate surface area is 157 Å². The molecule has 0 spiro atoms. The van der Waals surface area contributed by atoms with Gasteiger partial charge in [-0.1, -0.05) is 30.3 Å². The number of urea groups is 1. The molecule has 0 atom stereocenters. The van der Waals surface area contributed by atoms with Gasteiger partial charge in [0.05, 0.1) is 0 Å². The van der Waals surface area contributed by atoms with E-state index in [0.29, 0.717) is 17.8 Å². The first kappa shape index (κ1) is 18.0. The van der Waals surface area contributed by atoms with E-state index in [0.717, 1.165) is 16.9 Å². The zero-order valence-electron chi connectivity index (χ0n) is 14.6. The average Bonchev–Trinajstić information content (AvgIpc) is 2.69. The van der Waals surface area contributed by atoms with E-state index < -0.39 is 6.03 Å². The number of carbonyl (C=O) groups is 2. The monoisotopic (exact) mass is 360 g/mol. The topological polar surface area (TPSA) is 96.2 Å². The van der Waals surface area contributed by atoms with Crippen LogP contribution >= 0.6 is 0 Å². The molecule has 0 saturated heterocycles. The lowest BCUT2D eigenvalue weighted by molar-refractivity contribution is 0.102. The van der Waals surface area contributed by atoms with E-state index in [2.05, 4.69) is 16.0 Å². The van der Waals surface area contributed by atoms with Crippen molar-refractivity contribution < 1.29 is 9.59 Å². The van der Waals surface area contributed by atoms with Crippen molar-refractivity contribution in [2.45, 2.75) is 6.54 Å². The van der Waals surface area contributed by atoms with Crippen LogP contribution in [0.1, 0.15) is 15.9 Å². The number of amides is 3. The Morgan fingerprint density at radius 2 is 1.33 bits per heavy atom. The van der Waals surface area contributed by atoms with E-state index >= 15 is 0 Å². The summed E-state index contributed by atoms with van der Waals surface area (Å²) in [5.41, 5.74) is 9.08. The number of nitrogens with one attached hydrogen (secondary N) is 3. The third-order valence-electron chi connectivity index (χ3n) is 3.89. The van der Waals surface area contributed by atoms with Crippen LogP contribution in [0.15, 0.2) is 78.9 Å². The van der Waals surface area contributed by atoms with Crippen molar-refractivity contribution in [3.8, 4) is 0 Å². The zero-order valence-corrected chi connectivity index (χ0v) is 14.6. The highest BCUT2D eigenvalue weighted by Gasteiger charge is 2.06. The average molecular weight is 360 g/mol. The summed E-state index contributed by atoms with van der Waals surface area (Å²) < 4.78 is 0. The fourth-order valence-corrected chi connectivity index (χ4v) is 2.49. The zero-order chi connectivity index (χ0) is 19.1. The molecule has 5 N–H and O–H groups in total. The van der Waals surface area contributed by atoms with Gasteiger partial charge in [-0.3, -0.25) is 4.79 Å². The Balaban J connectivity index is 1.58. The Kier molecular flexibility index (Phi) is 5.69. The van der Waals surface area contributed by atoms with Crippen LogP contribution in [0, 0.1) is 0 Å². The van der Waals surface area contributed by atoms with Crippen LogP contribution in [-0.2, 0) is 6.54 Å². The molecule has 136 valence electrons. The number of hydrogen-bond acceptors (Lipinski definition) is 3. The van der Waals surface area contributed by atoms with Gasteiger partial charge in [0.1, 0.15) is 0 Å². The smallest absolute Gasteiger partial charge is 0.312 e. The molecular weight excluding hydrogens is 340 g/mol. The fourth-order valence-electron chi connectivity index (χ4n) is 2.49. The van der Waals surface area contributed by atoms with Crippen LogP contribution < -0.4 is 21.7 Å². The number of carbonyl (C=O) groups excluding carboxylic acids is 2. The minimum atomic E-state index is -0.581. The summed E-state index contributed by atoms with van der Waals surface area (Å²) in [6.07, 6.45) is 0. The summed E-state index contributed by atoms with van der Waals surface area (Å²) in [5.74, 6) is -0.201. The van der Waals surface area contributed by atoms with Gasteiger partial charge in [-0.25, -0.2) is 4.79 Å². The van der Waals surface area contributed by atoms with Crippen molar-refractivity contribution in [1.82, 2.24) is 5.32 Å². The van der Waals surface area contributed by atoms with Crippen LogP contribution in [0.2, 0.25) is 0 Å². The lowest BCUT2D eigenvalue weighted by atomic mass is 10.1.